The molecule has 0 unspecified atom stereocenters. The molecule has 0 fully saturated rings. The first kappa shape index (κ1) is 17.1. The van der Waals surface area contributed by atoms with Crippen LogP contribution in [0.3, 0.4) is 0 Å². The van der Waals surface area contributed by atoms with Crippen molar-refractivity contribution < 1.29 is 0 Å². The van der Waals surface area contributed by atoms with E-state index in [0.29, 0.717) is 5.39 Å². The summed E-state index contributed by atoms with van der Waals surface area (Å²) in [6.07, 6.45) is 1.79. The number of anilines is 1. The van der Waals surface area contributed by atoms with E-state index >= 15 is 0 Å². The molecular formula is C22H22N4O. The van der Waals surface area contributed by atoms with Crippen LogP contribution in [0.25, 0.3) is 22.1 Å². The Balaban J connectivity index is 1.94. The van der Waals surface area contributed by atoms with Crippen molar-refractivity contribution in [3.05, 3.63) is 82.5 Å². The Morgan fingerprint density at radius 1 is 0.852 bits per heavy atom. The Labute approximate surface area is 158 Å². The molecule has 136 valence electrons. The van der Waals surface area contributed by atoms with E-state index in [2.05, 4.69) is 38.8 Å². The van der Waals surface area contributed by atoms with Gasteiger partial charge in [-0.05, 0) is 50.2 Å². The molecule has 0 atom stereocenters. The zero-order valence-electron chi connectivity index (χ0n) is 16.0. The molecule has 4 rings (SSSR count). The fourth-order valence-corrected chi connectivity index (χ4v) is 3.60. The number of hydrogen-bond donors (Lipinski definition) is 0. The van der Waals surface area contributed by atoms with Crippen molar-refractivity contribution >= 4 is 16.5 Å². The maximum absolute atomic E-state index is 13.2. The average Bonchev–Trinajstić information content (AvgIpc) is 2.94. The van der Waals surface area contributed by atoms with E-state index in [-0.39, 0.29) is 5.56 Å². The molecule has 0 spiro atoms. The molecule has 0 aliphatic heterocycles. The smallest absolute Gasteiger partial charge is 0.281 e. The molecule has 0 saturated carbocycles. The van der Waals surface area contributed by atoms with Crippen LogP contribution in [0.4, 0.5) is 5.69 Å². The molecule has 4 aromatic rings. The number of para-hydroxylation sites is 1. The van der Waals surface area contributed by atoms with Gasteiger partial charge in [-0.2, -0.15) is 9.78 Å². The van der Waals surface area contributed by atoms with Crippen LogP contribution in [0, 0.1) is 13.8 Å². The fourth-order valence-electron chi connectivity index (χ4n) is 3.60. The standard InChI is InChI=1S/C22H22N4O/c1-15-20-14-23-26(19-8-6-5-7-9-19)22(27)21(20)16(2)25(15)18-12-10-17(11-13-18)24(3)4/h5-14H,1-4H3. The normalized spacial score (nSPS) is 11.1. The largest absolute Gasteiger partial charge is 0.378 e. The van der Waals surface area contributed by atoms with Crippen molar-refractivity contribution in [2.75, 3.05) is 19.0 Å². The SMILES string of the molecule is Cc1c2cnn(-c3ccccc3)c(=O)c2c(C)n1-c1ccc(N(C)C)cc1. The van der Waals surface area contributed by atoms with Gasteiger partial charge in [0.2, 0.25) is 0 Å². The van der Waals surface area contributed by atoms with Crippen LogP contribution in [0.1, 0.15) is 11.4 Å². The maximum Gasteiger partial charge on any atom is 0.281 e. The summed E-state index contributed by atoms with van der Waals surface area (Å²) < 4.78 is 3.59. The summed E-state index contributed by atoms with van der Waals surface area (Å²) in [5.41, 5.74) is 4.80. The molecule has 0 amide bonds. The number of aryl methyl sites for hydroxylation is 2. The topological polar surface area (TPSA) is 43.1 Å². The molecule has 5 nitrogen and oxygen atoms in total. The number of fused-ring (bicyclic) bond motifs is 1. The van der Waals surface area contributed by atoms with Gasteiger partial charge in [0.25, 0.3) is 5.56 Å². The van der Waals surface area contributed by atoms with Crippen molar-refractivity contribution in [2.24, 2.45) is 0 Å². The minimum atomic E-state index is -0.0945. The molecule has 5 heteroatoms. The Bertz CT molecular complexity index is 1170. The minimum Gasteiger partial charge on any atom is -0.378 e. The Morgan fingerprint density at radius 2 is 1.52 bits per heavy atom. The van der Waals surface area contributed by atoms with Crippen molar-refractivity contribution in [1.29, 1.82) is 0 Å². The first-order chi connectivity index (χ1) is 13.0. The lowest BCUT2D eigenvalue weighted by Gasteiger charge is -2.14. The van der Waals surface area contributed by atoms with Gasteiger partial charge in [0.15, 0.2) is 0 Å². The van der Waals surface area contributed by atoms with Crippen LogP contribution in [0.15, 0.2) is 65.6 Å². The lowest BCUT2D eigenvalue weighted by Crippen LogP contribution is -2.21. The number of benzene rings is 2. The molecular weight excluding hydrogens is 336 g/mol. The van der Waals surface area contributed by atoms with E-state index < -0.39 is 0 Å². The van der Waals surface area contributed by atoms with Gasteiger partial charge in [-0.3, -0.25) is 4.79 Å². The molecule has 0 aliphatic rings. The molecule has 0 radical (unpaired) electrons. The number of nitrogens with zero attached hydrogens (tertiary/aromatic N) is 4. The second-order valence-corrected chi connectivity index (χ2v) is 6.90. The number of rotatable bonds is 3. The second-order valence-electron chi connectivity index (χ2n) is 6.90. The average molecular weight is 358 g/mol. The lowest BCUT2D eigenvalue weighted by molar-refractivity contribution is 0.821. The first-order valence-electron chi connectivity index (χ1n) is 8.92. The van der Waals surface area contributed by atoms with E-state index in [9.17, 15) is 4.79 Å². The zero-order valence-corrected chi connectivity index (χ0v) is 16.0. The van der Waals surface area contributed by atoms with Crippen LogP contribution >= 0.6 is 0 Å². The van der Waals surface area contributed by atoms with Crippen LogP contribution < -0.4 is 10.5 Å². The lowest BCUT2D eigenvalue weighted by atomic mass is 10.2. The van der Waals surface area contributed by atoms with E-state index in [4.69, 9.17) is 0 Å². The third-order valence-electron chi connectivity index (χ3n) is 5.03. The highest BCUT2D eigenvalue weighted by Crippen LogP contribution is 2.27. The summed E-state index contributed by atoms with van der Waals surface area (Å²) in [5.74, 6) is 0. The molecule has 0 N–H and O–H groups in total. The molecule has 0 saturated heterocycles. The van der Waals surface area contributed by atoms with E-state index in [1.54, 1.807) is 6.20 Å². The summed E-state index contributed by atoms with van der Waals surface area (Å²) in [6.45, 7) is 4.02. The number of hydrogen-bond acceptors (Lipinski definition) is 3. The Hall–Kier alpha value is -3.34. The van der Waals surface area contributed by atoms with Gasteiger partial charge in [-0.25, -0.2) is 0 Å². The van der Waals surface area contributed by atoms with E-state index in [1.165, 1.54) is 4.68 Å². The van der Waals surface area contributed by atoms with Crippen LogP contribution in [-0.2, 0) is 0 Å². The quantitative estimate of drug-likeness (QED) is 0.558. The summed E-state index contributed by atoms with van der Waals surface area (Å²) in [5, 5.41) is 6.01. The van der Waals surface area contributed by atoms with Crippen molar-refractivity contribution in [3.8, 4) is 11.4 Å². The maximum atomic E-state index is 13.2. The predicted molar refractivity (Wildman–Crippen MR) is 110 cm³/mol. The third-order valence-corrected chi connectivity index (χ3v) is 5.03. The van der Waals surface area contributed by atoms with Gasteiger partial charge in [0.05, 0.1) is 17.3 Å². The van der Waals surface area contributed by atoms with Gasteiger partial charge < -0.3 is 9.47 Å². The van der Waals surface area contributed by atoms with Gasteiger partial charge in [-0.1, -0.05) is 18.2 Å². The van der Waals surface area contributed by atoms with Crippen molar-refractivity contribution in [2.45, 2.75) is 13.8 Å². The van der Waals surface area contributed by atoms with E-state index in [0.717, 1.165) is 33.8 Å². The fraction of sp³-hybridized carbons (Fsp3) is 0.182. The zero-order chi connectivity index (χ0) is 19.1. The highest BCUT2D eigenvalue weighted by Gasteiger charge is 2.17. The Morgan fingerprint density at radius 3 is 2.15 bits per heavy atom. The predicted octanol–water partition coefficient (Wildman–Crippen LogP) is 3.86. The molecule has 0 bridgehead atoms. The van der Waals surface area contributed by atoms with Crippen LogP contribution in [0.2, 0.25) is 0 Å². The summed E-state index contributed by atoms with van der Waals surface area (Å²) >= 11 is 0. The molecule has 2 aromatic carbocycles. The van der Waals surface area contributed by atoms with Gasteiger partial charge in [0.1, 0.15) is 0 Å². The molecule has 27 heavy (non-hydrogen) atoms. The monoisotopic (exact) mass is 358 g/mol. The second kappa shape index (κ2) is 6.43. The Kier molecular flexibility index (Phi) is 4.07. The summed E-state index contributed by atoms with van der Waals surface area (Å²) in [6, 6.07) is 17.8. The summed E-state index contributed by atoms with van der Waals surface area (Å²) in [7, 11) is 4.04. The highest BCUT2D eigenvalue weighted by atomic mass is 16.1. The minimum absolute atomic E-state index is 0.0945. The third kappa shape index (κ3) is 2.72. The molecule has 2 heterocycles. The van der Waals surface area contributed by atoms with Crippen LogP contribution in [-0.4, -0.2) is 28.4 Å². The van der Waals surface area contributed by atoms with Gasteiger partial charge in [-0.15, -0.1) is 0 Å². The first-order valence-corrected chi connectivity index (χ1v) is 8.92. The van der Waals surface area contributed by atoms with Crippen molar-refractivity contribution in [3.63, 3.8) is 0 Å². The van der Waals surface area contributed by atoms with Crippen molar-refractivity contribution in [1.82, 2.24) is 14.3 Å². The highest BCUT2D eigenvalue weighted by molar-refractivity contribution is 5.88. The summed E-state index contributed by atoms with van der Waals surface area (Å²) in [4.78, 5) is 15.2. The van der Waals surface area contributed by atoms with Crippen LogP contribution in [0.5, 0.6) is 0 Å². The van der Waals surface area contributed by atoms with Gasteiger partial charge >= 0.3 is 0 Å². The molecule has 0 aliphatic carbocycles. The molecule has 2 aromatic heterocycles. The number of aromatic nitrogens is 3. The van der Waals surface area contributed by atoms with E-state index in [1.807, 2.05) is 58.3 Å². The van der Waals surface area contributed by atoms with Gasteiger partial charge in [0, 0.05) is 42.2 Å².